The van der Waals surface area contributed by atoms with E-state index in [1.807, 2.05) is 42.5 Å². The highest BCUT2D eigenvalue weighted by Gasteiger charge is 2.08. The Morgan fingerprint density at radius 3 is 2.52 bits per heavy atom. The number of halogens is 2. The first kappa shape index (κ1) is 18.9. The number of benzene rings is 3. The number of nitrogens with one attached hydrogen (secondary N) is 1. The smallest absolute Gasteiger partial charge is 0.224 e. The van der Waals surface area contributed by atoms with Crippen molar-refractivity contribution in [1.29, 1.82) is 0 Å². The summed E-state index contributed by atoms with van der Waals surface area (Å²) >= 11 is 0. The van der Waals surface area contributed by atoms with Crippen LogP contribution in [-0.2, 0) is 24.3 Å². The Labute approximate surface area is 152 Å². The summed E-state index contributed by atoms with van der Waals surface area (Å²) in [6, 6.07) is 18.7. The molecule has 130 valence electrons. The second kappa shape index (κ2) is 8.60. The second-order valence-corrected chi connectivity index (χ2v) is 5.72. The molecule has 0 aromatic heterocycles. The minimum Gasteiger partial charge on any atom is -0.352 e. The highest BCUT2D eigenvalue weighted by Crippen LogP contribution is 2.19. The molecule has 0 heterocycles. The van der Waals surface area contributed by atoms with E-state index in [4.69, 9.17) is 5.73 Å². The largest absolute Gasteiger partial charge is 0.352 e. The molecule has 0 fully saturated rings. The molecule has 5 heteroatoms. The summed E-state index contributed by atoms with van der Waals surface area (Å²) in [4.78, 5) is 12.2. The van der Waals surface area contributed by atoms with Crippen LogP contribution in [0.1, 0.15) is 16.7 Å². The van der Waals surface area contributed by atoms with Crippen molar-refractivity contribution >= 4 is 29.1 Å². The normalized spacial score (nSPS) is 10.3. The lowest BCUT2D eigenvalue weighted by atomic mass is 10.0. The fourth-order valence-corrected chi connectivity index (χ4v) is 2.74. The van der Waals surface area contributed by atoms with Gasteiger partial charge in [-0.2, -0.15) is 0 Å². The topological polar surface area (TPSA) is 55.1 Å². The standard InChI is InChI=1S/C20H19FN2O.ClH/c21-19-10-14(12-22)8-9-17(19)13-23-20(24)11-16-6-3-5-15-4-1-2-7-18(15)16;/h1-10H,11-13,22H2,(H,23,24);1H. The first-order valence-corrected chi connectivity index (χ1v) is 7.88. The van der Waals surface area contributed by atoms with Crippen LogP contribution in [0, 0.1) is 5.82 Å². The SMILES string of the molecule is Cl.NCc1ccc(CNC(=O)Cc2cccc3ccccc23)c(F)c1. The molecule has 0 saturated carbocycles. The van der Waals surface area contributed by atoms with Crippen LogP contribution < -0.4 is 11.1 Å². The first-order valence-electron chi connectivity index (χ1n) is 7.88. The Morgan fingerprint density at radius 2 is 1.76 bits per heavy atom. The molecule has 0 aliphatic carbocycles. The number of nitrogens with two attached hydrogens (primary N) is 1. The molecule has 0 unspecified atom stereocenters. The summed E-state index contributed by atoms with van der Waals surface area (Å²) in [5.41, 5.74) is 7.64. The Morgan fingerprint density at radius 1 is 1.00 bits per heavy atom. The predicted octanol–water partition coefficient (Wildman–Crippen LogP) is 3.72. The highest BCUT2D eigenvalue weighted by atomic mass is 35.5. The molecule has 3 aromatic carbocycles. The van der Waals surface area contributed by atoms with Gasteiger partial charge in [-0.25, -0.2) is 4.39 Å². The van der Waals surface area contributed by atoms with Crippen LogP contribution >= 0.6 is 12.4 Å². The monoisotopic (exact) mass is 358 g/mol. The fraction of sp³-hybridized carbons (Fsp3) is 0.150. The molecule has 3 N–H and O–H groups in total. The van der Waals surface area contributed by atoms with Crippen molar-refractivity contribution in [2.45, 2.75) is 19.5 Å². The molecule has 25 heavy (non-hydrogen) atoms. The van der Waals surface area contributed by atoms with Crippen LogP contribution in [0.4, 0.5) is 4.39 Å². The van der Waals surface area contributed by atoms with Crippen molar-refractivity contribution < 1.29 is 9.18 Å². The maximum Gasteiger partial charge on any atom is 0.224 e. The Balaban J connectivity index is 0.00000225. The van der Waals surface area contributed by atoms with Gasteiger partial charge in [0.05, 0.1) is 6.42 Å². The van der Waals surface area contributed by atoms with Crippen LogP contribution in [0.3, 0.4) is 0 Å². The molecule has 0 spiro atoms. The van der Waals surface area contributed by atoms with Crippen molar-refractivity contribution in [2.24, 2.45) is 5.73 Å². The number of rotatable bonds is 5. The third-order valence-electron chi connectivity index (χ3n) is 4.06. The lowest BCUT2D eigenvalue weighted by Gasteiger charge is -2.09. The Bertz CT molecular complexity index is 877. The molecule has 0 atom stereocenters. The van der Waals surface area contributed by atoms with E-state index in [0.717, 1.165) is 21.9 Å². The molecule has 0 radical (unpaired) electrons. The van der Waals surface area contributed by atoms with Crippen molar-refractivity contribution in [1.82, 2.24) is 5.32 Å². The summed E-state index contributed by atoms with van der Waals surface area (Å²) < 4.78 is 13.9. The highest BCUT2D eigenvalue weighted by molar-refractivity contribution is 5.90. The van der Waals surface area contributed by atoms with E-state index < -0.39 is 0 Å². The molecular weight excluding hydrogens is 339 g/mol. The van der Waals surface area contributed by atoms with Crippen LogP contribution in [0.15, 0.2) is 60.7 Å². The van der Waals surface area contributed by atoms with E-state index in [0.29, 0.717) is 12.1 Å². The van der Waals surface area contributed by atoms with Crippen LogP contribution in [0.5, 0.6) is 0 Å². The van der Waals surface area contributed by atoms with Crippen LogP contribution in [0.2, 0.25) is 0 Å². The van der Waals surface area contributed by atoms with E-state index in [1.165, 1.54) is 6.07 Å². The second-order valence-electron chi connectivity index (χ2n) is 5.72. The summed E-state index contributed by atoms with van der Waals surface area (Å²) in [6.07, 6.45) is 0.268. The van der Waals surface area contributed by atoms with Gasteiger partial charge in [0.15, 0.2) is 0 Å². The summed E-state index contributed by atoms with van der Waals surface area (Å²) in [7, 11) is 0. The predicted molar refractivity (Wildman–Crippen MR) is 101 cm³/mol. The number of hydrogen-bond acceptors (Lipinski definition) is 2. The molecule has 1 amide bonds. The average Bonchev–Trinajstić information content (AvgIpc) is 2.61. The zero-order valence-corrected chi connectivity index (χ0v) is 14.5. The van der Waals surface area contributed by atoms with E-state index >= 15 is 0 Å². The number of carbonyl (C=O) groups excluding carboxylic acids is 1. The van der Waals surface area contributed by atoms with Gasteiger partial charge in [0.1, 0.15) is 5.82 Å². The van der Waals surface area contributed by atoms with E-state index in [2.05, 4.69) is 5.32 Å². The van der Waals surface area contributed by atoms with Gasteiger partial charge in [0, 0.05) is 18.7 Å². The van der Waals surface area contributed by atoms with Gasteiger partial charge in [0.25, 0.3) is 0 Å². The summed E-state index contributed by atoms with van der Waals surface area (Å²) in [6.45, 7) is 0.463. The molecular formula is C20H20ClFN2O. The van der Waals surface area contributed by atoms with Gasteiger partial charge >= 0.3 is 0 Å². The van der Waals surface area contributed by atoms with Crippen molar-refractivity contribution in [3.05, 3.63) is 83.2 Å². The quantitative estimate of drug-likeness (QED) is 0.730. The zero-order chi connectivity index (χ0) is 16.9. The number of hydrogen-bond donors (Lipinski definition) is 2. The van der Waals surface area contributed by atoms with E-state index in [9.17, 15) is 9.18 Å². The van der Waals surface area contributed by atoms with Gasteiger partial charge in [0.2, 0.25) is 5.91 Å². The minimum absolute atomic E-state index is 0. The van der Waals surface area contributed by atoms with E-state index in [1.54, 1.807) is 12.1 Å². The van der Waals surface area contributed by atoms with Gasteiger partial charge in [-0.15, -0.1) is 12.4 Å². The molecule has 0 saturated heterocycles. The number of carbonyl (C=O) groups is 1. The van der Waals surface area contributed by atoms with Crippen molar-refractivity contribution in [2.75, 3.05) is 0 Å². The van der Waals surface area contributed by atoms with Gasteiger partial charge in [-0.3, -0.25) is 4.79 Å². The summed E-state index contributed by atoms with van der Waals surface area (Å²) in [5.74, 6) is -0.475. The number of amides is 1. The molecule has 3 nitrogen and oxygen atoms in total. The van der Waals surface area contributed by atoms with E-state index in [-0.39, 0.29) is 37.1 Å². The maximum atomic E-state index is 13.9. The lowest BCUT2D eigenvalue weighted by molar-refractivity contribution is -0.120. The maximum absolute atomic E-state index is 13.9. The molecule has 0 aliphatic rings. The Kier molecular flexibility index (Phi) is 6.51. The van der Waals surface area contributed by atoms with Gasteiger partial charge in [-0.1, -0.05) is 54.6 Å². The molecule has 3 aromatic rings. The van der Waals surface area contributed by atoms with Gasteiger partial charge < -0.3 is 11.1 Å². The number of fused-ring (bicyclic) bond motifs is 1. The summed E-state index contributed by atoms with van der Waals surface area (Å²) in [5, 5.41) is 4.95. The van der Waals surface area contributed by atoms with Crippen LogP contribution in [0.25, 0.3) is 10.8 Å². The van der Waals surface area contributed by atoms with Gasteiger partial charge in [-0.05, 0) is 28.0 Å². The van der Waals surface area contributed by atoms with Crippen LogP contribution in [-0.4, -0.2) is 5.91 Å². The average molecular weight is 359 g/mol. The Hall–Kier alpha value is -2.43. The third kappa shape index (κ3) is 4.56. The lowest BCUT2D eigenvalue weighted by Crippen LogP contribution is -2.25. The van der Waals surface area contributed by atoms with Crippen molar-refractivity contribution in [3.63, 3.8) is 0 Å². The molecule has 0 aliphatic heterocycles. The fourth-order valence-electron chi connectivity index (χ4n) is 2.74. The molecule has 0 bridgehead atoms. The third-order valence-corrected chi connectivity index (χ3v) is 4.06. The molecule has 3 rings (SSSR count). The first-order chi connectivity index (χ1) is 11.7. The minimum atomic E-state index is -0.344. The zero-order valence-electron chi connectivity index (χ0n) is 13.7. The van der Waals surface area contributed by atoms with Crippen molar-refractivity contribution in [3.8, 4) is 0 Å².